The molecule has 4 nitrogen and oxygen atoms in total. The van der Waals surface area contributed by atoms with Gasteiger partial charge in [-0.15, -0.1) is 12.4 Å². The Hall–Kier alpha value is -1.52. The Balaban J connectivity index is 0.00000156. The molecule has 4 rings (SSSR count). The van der Waals surface area contributed by atoms with E-state index in [4.69, 9.17) is 4.42 Å². The normalized spacial score (nSPS) is 27.4. The number of hydrogen-bond donors (Lipinski definition) is 2. The Bertz CT molecular complexity index is 654. The van der Waals surface area contributed by atoms with Gasteiger partial charge < -0.3 is 15.1 Å². The lowest BCUT2D eigenvalue weighted by atomic mass is 9.98. The van der Waals surface area contributed by atoms with Crippen molar-refractivity contribution in [2.45, 2.75) is 56.7 Å². The van der Waals surface area contributed by atoms with Crippen LogP contribution in [0.25, 0.3) is 11.0 Å². The standard InChI is InChI=1S/C18H22N2O2.ClH/c1-11(17-8-12-4-2-3-5-16(12)22-17)18(21)20-15-9-13-6-7-14(10-15)19-13;/h2-5,8,11,13-15,19H,6-7,9-10H2,1H3,(H,20,21);1H. The molecule has 5 heteroatoms. The van der Waals surface area contributed by atoms with Crippen molar-refractivity contribution in [3.05, 3.63) is 36.1 Å². The topological polar surface area (TPSA) is 54.3 Å². The second kappa shape index (κ2) is 6.54. The van der Waals surface area contributed by atoms with Gasteiger partial charge in [-0.1, -0.05) is 18.2 Å². The number of carbonyl (C=O) groups is 1. The van der Waals surface area contributed by atoms with E-state index >= 15 is 0 Å². The number of halogens is 1. The van der Waals surface area contributed by atoms with Gasteiger partial charge in [0.25, 0.3) is 0 Å². The quantitative estimate of drug-likeness (QED) is 0.905. The molecule has 3 atom stereocenters. The first-order chi connectivity index (χ1) is 10.7. The molecule has 2 aliphatic rings. The Morgan fingerprint density at radius 2 is 1.96 bits per heavy atom. The zero-order valence-corrected chi connectivity index (χ0v) is 14.1. The molecule has 2 bridgehead atoms. The van der Waals surface area contributed by atoms with Gasteiger partial charge in [-0.05, 0) is 44.7 Å². The van der Waals surface area contributed by atoms with Crippen LogP contribution in [0.2, 0.25) is 0 Å². The summed E-state index contributed by atoms with van der Waals surface area (Å²) in [5.74, 6) is 0.570. The van der Waals surface area contributed by atoms with Crippen LogP contribution in [-0.4, -0.2) is 24.0 Å². The fraction of sp³-hybridized carbons (Fsp3) is 0.500. The monoisotopic (exact) mass is 334 g/mol. The highest BCUT2D eigenvalue weighted by Gasteiger charge is 2.34. The summed E-state index contributed by atoms with van der Waals surface area (Å²) in [4.78, 5) is 12.5. The first-order valence-corrected chi connectivity index (χ1v) is 8.24. The highest BCUT2D eigenvalue weighted by molar-refractivity contribution is 5.86. The molecule has 1 aromatic heterocycles. The van der Waals surface area contributed by atoms with E-state index in [-0.39, 0.29) is 24.2 Å². The third-order valence-electron chi connectivity index (χ3n) is 5.08. The Labute approximate surface area is 142 Å². The van der Waals surface area contributed by atoms with Crippen molar-refractivity contribution in [2.75, 3.05) is 0 Å². The molecule has 3 heterocycles. The summed E-state index contributed by atoms with van der Waals surface area (Å²) in [6, 6.07) is 11.3. The fourth-order valence-electron chi connectivity index (χ4n) is 3.85. The first-order valence-electron chi connectivity index (χ1n) is 8.24. The van der Waals surface area contributed by atoms with Crippen LogP contribution in [0.4, 0.5) is 0 Å². The van der Waals surface area contributed by atoms with Crippen molar-refractivity contribution in [1.29, 1.82) is 0 Å². The molecule has 1 aromatic carbocycles. The number of amides is 1. The summed E-state index contributed by atoms with van der Waals surface area (Å²) >= 11 is 0. The summed E-state index contributed by atoms with van der Waals surface area (Å²) < 4.78 is 5.82. The summed E-state index contributed by atoms with van der Waals surface area (Å²) in [7, 11) is 0. The average molecular weight is 335 g/mol. The number of rotatable bonds is 3. The van der Waals surface area contributed by atoms with Gasteiger partial charge in [0.05, 0.1) is 5.92 Å². The summed E-state index contributed by atoms with van der Waals surface area (Å²) in [5, 5.41) is 7.88. The third-order valence-corrected chi connectivity index (χ3v) is 5.08. The summed E-state index contributed by atoms with van der Waals surface area (Å²) in [6.07, 6.45) is 4.59. The predicted molar refractivity (Wildman–Crippen MR) is 93.0 cm³/mol. The Kier molecular flexibility index (Phi) is 4.64. The highest BCUT2D eigenvalue weighted by Crippen LogP contribution is 2.28. The van der Waals surface area contributed by atoms with Crippen LogP contribution in [0.1, 0.15) is 44.3 Å². The number of benzene rings is 1. The van der Waals surface area contributed by atoms with E-state index in [1.807, 2.05) is 37.3 Å². The SMILES string of the molecule is CC(C(=O)NC1CC2CCC(C1)N2)c1cc2ccccc2o1.Cl. The number of para-hydroxylation sites is 1. The van der Waals surface area contributed by atoms with Crippen LogP contribution in [0, 0.1) is 0 Å². The zero-order valence-electron chi connectivity index (χ0n) is 13.2. The van der Waals surface area contributed by atoms with E-state index in [1.165, 1.54) is 12.8 Å². The summed E-state index contributed by atoms with van der Waals surface area (Å²) in [5.41, 5.74) is 0.845. The van der Waals surface area contributed by atoms with Crippen LogP contribution >= 0.6 is 12.4 Å². The zero-order chi connectivity index (χ0) is 15.1. The Morgan fingerprint density at radius 1 is 1.26 bits per heavy atom. The Morgan fingerprint density at radius 3 is 2.65 bits per heavy atom. The van der Waals surface area contributed by atoms with E-state index in [0.29, 0.717) is 18.1 Å². The molecular weight excluding hydrogens is 312 g/mol. The van der Waals surface area contributed by atoms with Gasteiger partial charge in [0.2, 0.25) is 5.91 Å². The van der Waals surface area contributed by atoms with E-state index in [1.54, 1.807) is 0 Å². The maximum absolute atomic E-state index is 12.5. The van der Waals surface area contributed by atoms with E-state index in [9.17, 15) is 4.79 Å². The smallest absolute Gasteiger partial charge is 0.230 e. The average Bonchev–Trinajstić information content (AvgIpc) is 3.09. The van der Waals surface area contributed by atoms with Gasteiger partial charge in [0, 0.05) is 23.5 Å². The highest BCUT2D eigenvalue weighted by atomic mass is 35.5. The molecule has 3 unspecified atom stereocenters. The van der Waals surface area contributed by atoms with Gasteiger partial charge in [0.1, 0.15) is 11.3 Å². The predicted octanol–water partition coefficient (Wildman–Crippen LogP) is 3.36. The van der Waals surface area contributed by atoms with Crippen molar-refractivity contribution in [3.63, 3.8) is 0 Å². The molecule has 2 aromatic rings. The molecule has 0 radical (unpaired) electrons. The van der Waals surface area contributed by atoms with Crippen LogP contribution in [0.5, 0.6) is 0 Å². The second-order valence-corrected chi connectivity index (χ2v) is 6.72. The lowest BCUT2D eigenvalue weighted by Crippen LogP contribution is -2.48. The van der Waals surface area contributed by atoms with E-state index in [2.05, 4.69) is 10.6 Å². The van der Waals surface area contributed by atoms with Crippen molar-refractivity contribution >= 4 is 29.3 Å². The van der Waals surface area contributed by atoms with E-state index in [0.717, 1.165) is 29.6 Å². The maximum atomic E-state index is 12.5. The van der Waals surface area contributed by atoms with Crippen molar-refractivity contribution < 1.29 is 9.21 Å². The van der Waals surface area contributed by atoms with Gasteiger partial charge in [-0.2, -0.15) is 0 Å². The van der Waals surface area contributed by atoms with Crippen molar-refractivity contribution in [3.8, 4) is 0 Å². The largest absolute Gasteiger partial charge is 0.460 e. The number of fused-ring (bicyclic) bond motifs is 3. The van der Waals surface area contributed by atoms with Crippen LogP contribution in [-0.2, 0) is 4.79 Å². The third kappa shape index (κ3) is 3.24. The molecular formula is C18H23ClN2O2. The number of nitrogens with one attached hydrogen (secondary N) is 2. The molecule has 0 spiro atoms. The molecule has 124 valence electrons. The molecule has 0 aliphatic carbocycles. The van der Waals surface area contributed by atoms with Crippen LogP contribution in [0.3, 0.4) is 0 Å². The molecule has 2 aliphatic heterocycles. The van der Waals surface area contributed by atoms with Crippen molar-refractivity contribution in [1.82, 2.24) is 10.6 Å². The minimum atomic E-state index is -0.250. The minimum absolute atomic E-state index is 0. The van der Waals surface area contributed by atoms with Crippen LogP contribution < -0.4 is 10.6 Å². The maximum Gasteiger partial charge on any atom is 0.230 e. The molecule has 23 heavy (non-hydrogen) atoms. The number of furan rings is 1. The second-order valence-electron chi connectivity index (χ2n) is 6.72. The molecule has 2 N–H and O–H groups in total. The first kappa shape index (κ1) is 16.3. The van der Waals surface area contributed by atoms with Gasteiger partial charge in [-0.25, -0.2) is 0 Å². The fourth-order valence-corrected chi connectivity index (χ4v) is 3.85. The van der Waals surface area contributed by atoms with Crippen molar-refractivity contribution in [2.24, 2.45) is 0 Å². The van der Waals surface area contributed by atoms with Gasteiger partial charge >= 0.3 is 0 Å². The molecule has 0 saturated carbocycles. The lowest BCUT2D eigenvalue weighted by Gasteiger charge is -2.30. The van der Waals surface area contributed by atoms with E-state index < -0.39 is 0 Å². The lowest BCUT2D eigenvalue weighted by molar-refractivity contribution is -0.123. The molecule has 2 saturated heterocycles. The minimum Gasteiger partial charge on any atom is -0.460 e. The summed E-state index contributed by atoms with van der Waals surface area (Å²) in [6.45, 7) is 1.92. The molecule has 2 fully saturated rings. The van der Waals surface area contributed by atoms with Crippen LogP contribution in [0.15, 0.2) is 34.7 Å². The number of carbonyl (C=O) groups excluding carboxylic acids is 1. The van der Waals surface area contributed by atoms with Gasteiger partial charge in [-0.3, -0.25) is 4.79 Å². The molecule has 1 amide bonds. The van der Waals surface area contributed by atoms with Gasteiger partial charge in [0.15, 0.2) is 0 Å². The number of hydrogen-bond acceptors (Lipinski definition) is 3. The number of piperidine rings is 1.